The van der Waals surface area contributed by atoms with Crippen molar-refractivity contribution in [2.75, 3.05) is 13.2 Å². The zero-order valence-corrected chi connectivity index (χ0v) is 15.0. The van der Waals surface area contributed by atoms with Crippen molar-refractivity contribution in [3.05, 3.63) is 64.5 Å². The van der Waals surface area contributed by atoms with E-state index >= 15 is 0 Å². The lowest BCUT2D eigenvalue weighted by Crippen LogP contribution is -2.14. The first kappa shape index (κ1) is 19.2. The van der Waals surface area contributed by atoms with Crippen LogP contribution < -0.4 is 0 Å². The minimum absolute atomic E-state index is 0.241. The van der Waals surface area contributed by atoms with Crippen LogP contribution in [0.25, 0.3) is 6.08 Å². The van der Waals surface area contributed by atoms with Gasteiger partial charge in [0.1, 0.15) is 0 Å². The van der Waals surface area contributed by atoms with E-state index in [-0.39, 0.29) is 12.3 Å². The standard InChI is InChI=1S/C20H21NO5/c1-4-25-20(24)18-13(2)19(21-14(18)3)16(22)12-26-17(23)11-10-15-8-6-5-7-9-15/h5-11,21H,4,12H2,1-3H3. The second-order valence-electron chi connectivity index (χ2n) is 5.62. The minimum atomic E-state index is -0.617. The van der Waals surface area contributed by atoms with Gasteiger partial charge < -0.3 is 14.5 Å². The molecule has 136 valence electrons. The second-order valence-corrected chi connectivity index (χ2v) is 5.62. The highest BCUT2D eigenvalue weighted by Gasteiger charge is 2.23. The molecule has 0 fully saturated rings. The van der Waals surface area contributed by atoms with Crippen molar-refractivity contribution in [1.82, 2.24) is 4.98 Å². The quantitative estimate of drug-likeness (QED) is 0.468. The average Bonchev–Trinajstić information content (AvgIpc) is 2.93. The normalized spacial score (nSPS) is 10.7. The van der Waals surface area contributed by atoms with E-state index < -0.39 is 24.3 Å². The molecule has 1 aromatic heterocycles. The van der Waals surface area contributed by atoms with Gasteiger partial charge in [0.2, 0.25) is 5.78 Å². The molecule has 0 aliphatic carbocycles. The second kappa shape index (κ2) is 8.80. The minimum Gasteiger partial charge on any atom is -0.462 e. The fraction of sp³-hybridized carbons (Fsp3) is 0.250. The van der Waals surface area contributed by atoms with E-state index in [0.29, 0.717) is 16.8 Å². The van der Waals surface area contributed by atoms with Crippen molar-refractivity contribution >= 4 is 23.8 Å². The summed E-state index contributed by atoms with van der Waals surface area (Å²) in [6.45, 7) is 4.88. The molecule has 2 rings (SSSR count). The average molecular weight is 355 g/mol. The molecule has 0 saturated carbocycles. The van der Waals surface area contributed by atoms with Gasteiger partial charge in [0, 0.05) is 11.8 Å². The molecular formula is C20H21NO5. The summed E-state index contributed by atoms with van der Waals surface area (Å²) < 4.78 is 9.97. The summed E-state index contributed by atoms with van der Waals surface area (Å²) in [5.41, 5.74) is 2.46. The van der Waals surface area contributed by atoms with Gasteiger partial charge in [-0.15, -0.1) is 0 Å². The zero-order chi connectivity index (χ0) is 19.1. The molecule has 0 aliphatic heterocycles. The van der Waals surface area contributed by atoms with Gasteiger partial charge in [-0.1, -0.05) is 30.3 Å². The van der Waals surface area contributed by atoms with E-state index in [2.05, 4.69) is 4.98 Å². The van der Waals surface area contributed by atoms with Gasteiger partial charge in [-0.05, 0) is 38.0 Å². The van der Waals surface area contributed by atoms with Crippen LogP contribution in [0.5, 0.6) is 0 Å². The number of Topliss-reactive ketones (excluding diaryl/α,β-unsaturated/α-hetero) is 1. The van der Waals surface area contributed by atoms with Gasteiger partial charge >= 0.3 is 11.9 Å². The summed E-state index contributed by atoms with van der Waals surface area (Å²) in [5.74, 6) is -1.52. The van der Waals surface area contributed by atoms with Crippen LogP contribution in [-0.4, -0.2) is 35.9 Å². The Morgan fingerprint density at radius 3 is 2.42 bits per heavy atom. The molecule has 0 bridgehead atoms. The third-order valence-corrected chi connectivity index (χ3v) is 3.75. The molecule has 1 aromatic carbocycles. The number of aromatic amines is 1. The Morgan fingerprint density at radius 2 is 1.77 bits per heavy atom. The van der Waals surface area contributed by atoms with Crippen LogP contribution in [0.4, 0.5) is 0 Å². The molecule has 26 heavy (non-hydrogen) atoms. The lowest BCUT2D eigenvalue weighted by atomic mass is 10.1. The summed E-state index contributed by atoms with van der Waals surface area (Å²) in [4.78, 5) is 38.9. The SMILES string of the molecule is CCOC(=O)c1c(C)[nH]c(C(=O)COC(=O)C=Cc2ccccc2)c1C. The van der Waals surface area contributed by atoms with Gasteiger partial charge in [-0.2, -0.15) is 0 Å². The Morgan fingerprint density at radius 1 is 1.08 bits per heavy atom. The molecule has 6 nitrogen and oxygen atoms in total. The number of rotatable bonds is 7. The monoisotopic (exact) mass is 355 g/mol. The van der Waals surface area contributed by atoms with E-state index in [0.717, 1.165) is 5.56 Å². The highest BCUT2D eigenvalue weighted by Crippen LogP contribution is 2.19. The van der Waals surface area contributed by atoms with E-state index in [9.17, 15) is 14.4 Å². The summed E-state index contributed by atoms with van der Waals surface area (Å²) in [6.07, 6.45) is 2.87. The molecule has 0 atom stereocenters. The maximum atomic E-state index is 12.3. The number of ether oxygens (including phenoxy) is 2. The van der Waals surface area contributed by atoms with E-state index in [1.165, 1.54) is 6.08 Å². The molecule has 0 saturated heterocycles. The van der Waals surface area contributed by atoms with Gasteiger partial charge in [-0.3, -0.25) is 4.79 Å². The maximum absolute atomic E-state index is 12.3. The number of ketones is 1. The number of aryl methyl sites for hydroxylation is 1. The maximum Gasteiger partial charge on any atom is 0.340 e. The first-order chi connectivity index (χ1) is 12.4. The van der Waals surface area contributed by atoms with Crippen molar-refractivity contribution in [1.29, 1.82) is 0 Å². The lowest BCUT2D eigenvalue weighted by Gasteiger charge is -2.03. The topological polar surface area (TPSA) is 85.5 Å². The van der Waals surface area contributed by atoms with Gasteiger partial charge in [0.05, 0.1) is 17.9 Å². The van der Waals surface area contributed by atoms with Crippen molar-refractivity contribution in [2.45, 2.75) is 20.8 Å². The highest BCUT2D eigenvalue weighted by molar-refractivity contribution is 6.03. The Hall–Kier alpha value is -3.15. The summed E-state index contributed by atoms with van der Waals surface area (Å²) >= 11 is 0. The number of hydrogen-bond donors (Lipinski definition) is 1. The molecule has 0 aliphatic rings. The number of aromatic nitrogens is 1. The number of carbonyl (C=O) groups excluding carboxylic acids is 3. The predicted octanol–water partition coefficient (Wildman–Crippen LogP) is 3.25. The van der Waals surface area contributed by atoms with Crippen molar-refractivity contribution in [3.63, 3.8) is 0 Å². The Bertz CT molecular complexity index is 833. The van der Waals surface area contributed by atoms with Crippen molar-refractivity contribution < 1.29 is 23.9 Å². The first-order valence-electron chi connectivity index (χ1n) is 8.23. The van der Waals surface area contributed by atoms with Crippen LogP contribution in [-0.2, 0) is 14.3 Å². The van der Waals surface area contributed by atoms with Crippen LogP contribution >= 0.6 is 0 Å². The zero-order valence-electron chi connectivity index (χ0n) is 15.0. The largest absolute Gasteiger partial charge is 0.462 e. The number of hydrogen-bond acceptors (Lipinski definition) is 5. The van der Waals surface area contributed by atoms with E-state index in [1.54, 1.807) is 26.8 Å². The van der Waals surface area contributed by atoms with Crippen molar-refractivity contribution in [2.24, 2.45) is 0 Å². The molecule has 2 aromatic rings. The molecule has 0 radical (unpaired) electrons. The van der Waals surface area contributed by atoms with E-state index in [4.69, 9.17) is 9.47 Å². The van der Waals surface area contributed by atoms with Crippen LogP contribution in [0.15, 0.2) is 36.4 Å². The van der Waals surface area contributed by atoms with E-state index in [1.807, 2.05) is 30.3 Å². The third-order valence-electron chi connectivity index (χ3n) is 3.75. The first-order valence-corrected chi connectivity index (χ1v) is 8.23. The number of H-pyrrole nitrogens is 1. The smallest absolute Gasteiger partial charge is 0.340 e. The van der Waals surface area contributed by atoms with Gasteiger partial charge in [-0.25, -0.2) is 9.59 Å². The molecular weight excluding hydrogens is 334 g/mol. The van der Waals surface area contributed by atoms with Crippen LogP contribution in [0, 0.1) is 13.8 Å². The van der Waals surface area contributed by atoms with Gasteiger partial charge in [0.25, 0.3) is 0 Å². The third kappa shape index (κ3) is 4.69. The molecule has 1 N–H and O–H groups in total. The Labute approximate surface area is 151 Å². The lowest BCUT2D eigenvalue weighted by molar-refractivity contribution is -0.136. The molecule has 6 heteroatoms. The number of nitrogens with one attached hydrogen (secondary N) is 1. The number of esters is 2. The number of benzene rings is 1. The molecule has 0 amide bonds. The molecule has 0 spiro atoms. The predicted molar refractivity (Wildman–Crippen MR) is 97.0 cm³/mol. The van der Waals surface area contributed by atoms with Crippen LogP contribution in [0.1, 0.15) is 44.6 Å². The fourth-order valence-electron chi connectivity index (χ4n) is 2.52. The van der Waals surface area contributed by atoms with Gasteiger partial charge in [0.15, 0.2) is 6.61 Å². The Kier molecular flexibility index (Phi) is 6.49. The van der Waals surface area contributed by atoms with Crippen LogP contribution in [0.3, 0.4) is 0 Å². The fourth-order valence-corrected chi connectivity index (χ4v) is 2.52. The number of carbonyl (C=O) groups is 3. The summed E-state index contributed by atoms with van der Waals surface area (Å²) in [6, 6.07) is 9.27. The van der Waals surface area contributed by atoms with Crippen molar-refractivity contribution in [3.8, 4) is 0 Å². The summed E-state index contributed by atoms with van der Waals surface area (Å²) in [7, 11) is 0. The molecule has 0 unspecified atom stereocenters. The summed E-state index contributed by atoms with van der Waals surface area (Å²) in [5, 5.41) is 0. The molecule has 1 heterocycles. The highest BCUT2D eigenvalue weighted by atomic mass is 16.5. The Balaban J connectivity index is 2.00. The van der Waals surface area contributed by atoms with Crippen LogP contribution in [0.2, 0.25) is 0 Å².